The summed E-state index contributed by atoms with van der Waals surface area (Å²) in [4.78, 5) is 4.68. The molecule has 0 radical (unpaired) electrons. The predicted molar refractivity (Wildman–Crippen MR) is 81.4 cm³/mol. The van der Waals surface area contributed by atoms with Crippen molar-refractivity contribution in [3.63, 3.8) is 0 Å². The van der Waals surface area contributed by atoms with E-state index in [0.717, 1.165) is 32.5 Å². The van der Waals surface area contributed by atoms with Crippen LogP contribution < -0.4 is 0 Å². The first-order valence-electron chi connectivity index (χ1n) is 6.18. The maximum Gasteiger partial charge on any atom is 0.187 e. The van der Waals surface area contributed by atoms with Gasteiger partial charge in [-0.2, -0.15) is 0 Å². The zero-order chi connectivity index (χ0) is 13.5. The molecule has 4 aromatic rings. The van der Waals surface area contributed by atoms with Gasteiger partial charge >= 0.3 is 0 Å². The highest BCUT2D eigenvalue weighted by molar-refractivity contribution is 9.10. The summed E-state index contributed by atoms with van der Waals surface area (Å²) in [6, 6.07) is 15.9. The zero-order valence-electron chi connectivity index (χ0n) is 10.4. The van der Waals surface area contributed by atoms with E-state index in [9.17, 15) is 0 Å². The van der Waals surface area contributed by atoms with Crippen molar-refractivity contribution in [2.24, 2.45) is 0 Å². The number of halogens is 1. The normalized spacial score (nSPS) is 11.2. The van der Waals surface area contributed by atoms with Crippen LogP contribution in [0.2, 0.25) is 0 Å². The summed E-state index contributed by atoms with van der Waals surface area (Å²) in [5, 5.41) is 9.49. The topological polar surface area (TPSA) is 43.1 Å². The molecule has 3 heterocycles. The number of hydrogen-bond acceptors (Lipinski definition) is 3. The van der Waals surface area contributed by atoms with Crippen molar-refractivity contribution in [3.05, 3.63) is 59.2 Å². The minimum absolute atomic E-state index is 0.752. The number of hydrogen-bond donors (Lipinski definition) is 0. The Labute approximate surface area is 123 Å². The van der Waals surface area contributed by atoms with Crippen LogP contribution in [0.15, 0.2) is 59.2 Å². The lowest BCUT2D eigenvalue weighted by atomic mass is 10.2. The van der Waals surface area contributed by atoms with Crippen molar-refractivity contribution in [2.45, 2.75) is 0 Å². The lowest BCUT2D eigenvalue weighted by Gasteiger charge is -2.02. The summed E-state index contributed by atoms with van der Waals surface area (Å²) in [5.41, 5.74) is 2.57. The molecule has 0 aliphatic heterocycles. The number of fused-ring (bicyclic) bond motifs is 2. The number of benzene rings is 1. The second-order valence-corrected chi connectivity index (χ2v) is 5.40. The first-order valence-corrected chi connectivity index (χ1v) is 6.97. The fourth-order valence-electron chi connectivity index (χ4n) is 2.23. The largest absolute Gasteiger partial charge is 0.281 e. The van der Waals surface area contributed by atoms with Gasteiger partial charge in [0.25, 0.3) is 0 Å². The third-order valence-corrected chi connectivity index (χ3v) is 3.69. The summed E-state index contributed by atoms with van der Waals surface area (Å²) in [5.74, 6) is 0.752. The zero-order valence-corrected chi connectivity index (χ0v) is 11.9. The molecule has 0 saturated heterocycles. The quantitative estimate of drug-likeness (QED) is 0.536. The molecule has 0 aliphatic rings. The van der Waals surface area contributed by atoms with E-state index in [1.807, 2.05) is 59.1 Å². The molecule has 0 bridgehead atoms. The molecule has 0 atom stereocenters. The van der Waals surface area contributed by atoms with Crippen LogP contribution in [0.4, 0.5) is 0 Å². The van der Waals surface area contributed by atoms with Gasteiger partial charge in [-0.05, 0) is 30.3 Å². The predicted octanol–water partition coefficient (Wildman–Crippen LogP) is 3.71. The van der Waals surface area contributed by atoms with E-state index in [-0.39, 0.29) is 0 Å². The molecule has 0 saturated carbocycles. The van der Waals surface area contributed by atoms with E-state index < -0.39 is 0 Å². The third-order valence-electron chi connectivity index (χ3n) is 3.20. The summed E-state index contributed by atoms with van der Waals surface area (Å²) in [6.07, 6.45) is 1.94. The van der Waals surface area contributed by atoms with Crippen molar-refractivity contribution in [1.29, 1.82) is 0 Å². The molecule has 1 aromatic carbocycles. The standard InChI is InChI=1S/C15H9BrN4/c16-11-6-4-10-5-7-12(17-13(10)9-11)15-19-18-14-3-1-2-8-20(14)15/h1-9H. The summed E-state index contributed by atoms with van der Waals surface area (Å²) >= 11 is 3.47. The van der Waals surface area contributed by atoms with E-state index in [4.69, 9.17) is 0 Å². The molecule has 4 rings (SSSR count). The average molecular weight is 325 g/mol. The van der Waals surface area contributed by atoms with E-state index >= 15 is 0 Å². The van der Waals surface area contributed by atoms with Crippen molar-refractivity contribution in [3.8, 4) is 11.5 Å². The number of aromatic nitrogens is 4. The van der Waals surface area contributed by atoms with Crippen LogP contribution >= 0.6 is 15.9 Å². The first-order chi connectivity index (χ1) is 9.81. The molecule has 0 unspecified atom stereocenters. The Morgan fingerprint density at radius 3 is 2.80 bits per heavy atom. The monoisotopic (exact) mass is 324 g/mol. The van der Waals surface area contributed by atoms with E-state index in [0.29, 0.717) is 0 Å². The van der Waals surface area contributed by atoms with Crippen molar-refractivity contribution in [2.75, 3.05) is 0 Å². The Balaban J connectivity index is 1.97. The van der Waals surface area contributed by atoms with Crippen LogP contribution in [0.5, 0.6) is 0 Å². The highest BCUT2D eigenvalue weighted by atomic mass is 79.9. The van der Waals surface area contributed by atoms with Crippen LogP contribution in [0.25, 0.3) is 28.1 Å². The number of pyridine rings is 2. The maximum absolute atomic E-state index is 4.68. The van der Waals surface area contributed by atoms with Crippen molar-refractivity contribution >= 4 is 32.5 Å². The Hall–Kier alpha value is -2.27. The molecule has 0 aliphatic carbocycles. The maximum atomic E-state index is 4.68. The highest BCUT2D eigenvalue weighted by Crippen LogP contribution is 2.22. The molecule has 0 amide bonds. The van der Waals surface area contributed by atoms with E-state index in [1.165, 1.54) is 0 Å². The van der Waals surface area contributed by atoms with Gasteiger partial charge in [0.2, 0.25) is 0 Å². The minimum atomic E-state index is 0.752. The molecule has 3 aromatic heterocycles. The smallest absolute Gasteiger partial charge is 0.187 e. The van der Waals surface area contributed by atoms with Gasteiger partial charge in [0, 0.05) is 16.1 Å². The molecule has 0 N–H and O–H groups in total. The average Bonchev–Trinajstić information content (AvgIpc) is 2.90. The second kappa shape index (κ2) is 4.38. The van der Waals surface area contributed by atoms with Crippen molar-refractivity contribution in [1.82, 2.24) is 19.6 Å². The lowest BCUT2D eigenvalue weighted by Crippen LogP contribution is -1.92. The molecule has 0 fully saturated rings. The molecule has 5 heteroatoms. The Morgan fingerprint density at radius 1 is 0.950 bits per heavy atom. The Morgan fingerprint density at radius 2 is 1.85 bits per heavy atom. The van der Waals surface area contributed by atoms with Gasteiger partial charge in [-0.25, -0.2) is 4.98 Å². The van der Waals surface area contributed by atoms with Crippen LogP contribution in [-0.2, 0) is 0 Å². The highest BCUT2D eigenvalue weighted by Gasteiger charge is 2.09. The molecular formula is C15H9BrN4. The molecule has 0 spiro atoms. The summed E-state index contributed by atoms with van der Waals surface area (Å²) in [7, 11) is 0. The third kappa shape index (κ3) is 1.78. The van der Waals surface area contributed by atoms with Crippen molar-refractivity contribution < 1.29 is 0 Å². The summed E-state index contributed by atoms with van der Waals surface area (Å²) in [6.45, 7) is 0. The van der Waals surface area contributed by atoms with Gasteiger partial charge in [0.05, 0.1) is 5.52 Å². The molecule has 4 nitrogen and oxygen atoms in total. The van der Waals surface area contributed by atoms with Gasteiger partial charge in [0.15, 0.2) is 11.5 Å². The lowest BCUT2D eigenvalue weighted by molar-refractivity contribution is 1.10. The van der Waals surface area contributed by atoms with Crippen LogP contribution in [0, 0.1) is 0 Å². The van der Waals surface area contributed by atoms with E-state index in [2.05, 4.69) is 31.1 Å². The number of rotatable bonds is 1. The fourth-order valence-corrected chi connectivity index (χ4v) is 2.58. The molecular weight excluding hydrogens is 316 g/mol. The molecule has 96 valence electrons. The minimum Gasteiger partial charge on any atom is -0.281 e. The molecule has 20 heavy (non-hydrogen) atoms. The van der Waals surface area contributed by atoms with Gasteiger partial charge < -0.3 is 0 Å². The Bertz CT molecular complexity index is 929. The second-order valence-electron chi connectivity index (χ2n) is 4.49. The van der Waals surface area contributed by atoms with Gasteiger partial charge in [0.1, 0.15) is 5.69 Å². The Kier molecular flexibility index (Phi) is 2.53. The van der Waals surface area contributed by atoms with Gasteiger partial charge in [-0.3, -0.25) is 4.40 Å². The van der Waals surface area contributed by atoms with Crippen LogP contribution in [0.3, 0.4) is 0 Å². The first kappa shape index (κ1) is 11.5. The van der Waals surface area contributed by atoms with Gasteiger partial charge in [-0.15, -0.1) is 10.2 Å². The van der Waals surface area contributed by atoms with E-state index in [1.54, 1.807) is 0 Å². The van der Waals surface area contributed by atoms with Crippen LogP contribution in [0.1, 0.15) is 0 Å². The SMILES string of the molecule is Brc1ccc2ccc(-c3nnc4ccccn34)nc2c1. The van der Waals surface area contributed by atoms with Gasteiger partial charge in [-0.1, -0.05) is 34.1 Å². The number of nitrogens with zero attached hydrogens (tertiary/aromatic N) is 4. The summed E-state index contributed by atoms with van der Waals surface area (Å²) < 4.78 is 2.95. The fraction of sp³-hybridized carbons (Fsp3) is 0. The van der Waals surface area contributed by atoms with Crippen LogP contribution in [-0.4, -0.2) is 19.6 Å².